The van der Waals surface area contributed by atoms with Crippen LogP contribution in [-0.4, -0.2) is 46.6 Å². The predicted molar refractivity (Wildman–Crippen MR) is 107 cm³/mol. The molecule has 142 valence electrons. The fourth-order valence-electron chi connectivity index (χ4n) is 3.42. The molecular formula is C20H24N4O2S. The highest BCUT2D eigenvalue weighted by molar-refractivity contribution is 7.99. The van der Waals surface area contributed by atoms with E-state index in [1.54, 1.807) is 18.3 Å². The number of pyridine rings is 2. The third kappa shape index (κ3) is 4.53. The van der Waals surface area contributed by atoms with E-state index in [0.717, 1.165) is 42.4 Å². The molecule has 0 saturated carbocycles. The summed E-state index contributed by atoms with van der Waals surface area (Å²) >= 11 is 1.90. The Morgan fingerprint density at radius 3 is 2.89 bits per heavy atom. The van der Waals surface area contributed by atoms with Crippen LogP contribution in [0.1, 0.15) is 35.2 Å². The van der Waals surface area contributed by atoms with Gasteiger partial charge in [-0.05, 0) is 37.1 Å². The Bertz CT molecular complexity index is 772. The molecule has 2 fully saturated rings. The Hall–Kier alpha value is -2.28. The van der Waals surface area contributed by atoms with Crippen molar-refractivity contribution in [3.05, 3.63) is 47.8 Å². The molecule has 4 heterocycles. The number of ether oxygens (including phenoxy) is 1. The molecule has 1 amide bonds. The Balaban J connectivity index is 1.35. The molecule has 4 rings (SSSR count). The van der Waals surface area contributed by atoms with Crippen molar-refractivity contribution in [1.29, 1.82) is 0 Å². The van der Waals surface area contributed by atoms with Gasteiger partial charge in [-0.3, -0.25) is 4.79 Å². The highest BCUT2D eigenvalue weighted by Gasteiger charge is 2.19. The number of anilines is 1. The molecule has 7 heteroatoms. The maximum Gasteiger partial charge on any atom is 0.253 e. The SMILES string of the molecule is O=C(NCc1cccnc1N1CCCC1)c1ccc(OC2CCSC2)nc1. The zero-order chi connectivity index (χ0) is 18.5. The van der Waals surface area contributed by atoms with E-state index in [1.165, 1.54) is 12.8 Å². The Morgan fingerprint density at radius 2 is 2.15 bits per heavy atom. The van der Waals surface area contributed by atoms with E-state index in [9.17, 15) is 4.79 Å². The number of carbonyl (C=O) groups is 1. The molecular weight excluding hydrogens is 360 g/mol. The van der Waals surface area contributed by atoms with Crippen molar-refractivity contribution in [2.75, 3.05) is 29.5 Å². The molecule has 0 radical (unpaired) electrons. The first-order valence-electron chi connectivity index (χ1n) is 9.47. The number of nitrogens with zero attached hydrogens (tertiary/aromatic N) is 3. The summed E-state index contributed by atoms with van der Waals surface area (Å²) < 4.78 is 5.83. The molecule has 2 aromatic rings. The number of aromatic nitrogens is 2. The highest BCUT2D eigenvalue weighted by Crippen LogP contribution is 2.23. The number of hydrogen-bond donors (Lipinski definition) is 1. The average molecular weight is 385 g/mol. The molecule has 1 unspecified atom stereocenters. The smallest absolute Gasteiger partial charge is 0.253 e. The predicted octanol–water partition coefficient (Wildman–Crippen LogP) is 2.89. The second-order valence-corrected chi connectivity index (χ2v) is 8.00. The van der Waals surface area contributed by atoms with Crippen LogP contribution < -0.4 is 15.0 Å². The lowest BCUT2D eigenvalue weighted by molar-refractivity contribution is 0.0950. The van der Waals surface area contributed by atoms with Crippen LogP contribution in [0.15, 0.2) is 36.7 Å². The summed E-state index contributed by atoms with van der Waals surface area (Å²) in [5, 5.41) is 2.98. The fourth-order valence-corrected chi connectivity index (χ4v) is 4.51. The lowest BCUT2D eigenvalue weighted by Gasteiger charge is -2.20. The first-order chi connectivity index (χ1) is 13.3. The summed E-state index contributed by atoms with van der Waals surface area (Å²) in [5.41, 5.74) is 1.58. The van der Waals surface area contributed by atoms with Gasteiger partial charge in [0.25, 0.3) is 5.91 Å². The van der Waals surface area contributed by atoms with Gasteiger partial charge < -0.3 is 15.0 Å². The normalized spacial score (nSPS) is 19.3. The van der Waals surface area contributed by atoms with Crippen molar-refractivity contribution >= 4 is 23.5 Å². The van der Waals surface area contributed by atoms with E-state index >= 15 is 0 Å². The van der Waals surface area contributed by atoms with Gasteiger partial charge in [-0.15, -0.1) is 0 Å². The zero-order valence-corrected chi connectivity index (χ0v) is 16.1. The van der Waals surface area contributed by atoms with E-state index < -0.39 is 0 Å². The molecule has 1 atom stereocenters. The molecule has 2 aromatic heterocycles. The minimum atomic E-state index is -0.137. The molecule has 0 spiro atoms. The van der Waals surface area contributed by atoms with Crippen molar-refractivity contribution in [2.45, 2.75) is 31.9 Å². The highest BCUT2D eigenvalue weighted by atomic mass is 32.2. The average Bonchev–Trinajstić information content (AvgIpc) is 3.41. The summed E-state index contributed by atoms with van der Waals surface area (Å²) in [6.07, 6.45) is 7.07. The first-order valence-corrected chi connectivity index (χ1v) is 10.6. The number of hydrogen-bond acceptors (Lipinski definition) is 6. The van der Waals surface area contributed by atoms with Gasteiger partial charge in [0.2, 0.25) is 5.88 Å². The summed E-state index contributed by atoms with van der Waals surface area (Å²) in [5.74, 6) is 3.57. The summed E-state index contributed by atoms with van der Waals surface area (Å²) in [7, 11) is 0. The van der Waals surface area contributed by atoms with Gasteiger partial charge in [-0.2, -0.15) is 11.8 Å². The first kappa shape index (κ1) is 18.1. The number of amides is 1. The van der Waals surface area contributed by atoms with Crippen LogP contribution in [0.5, 0.6) is 5.88 Å². The second-order valence-electron chi connectivity index (χ2n) is 6.85. The maximum absolute atomic E-state index is 12.5. The third-order valence-electron chi connectivity index (χ3n) is 4.89. The van der Waals surface area contributed by atoms with Crippen molar-refractivity contribution in [2.24, 2.45) is 0 Å². The summed E-state index contributed by atoms with van der Waals surface area (Å²) in [4.78, 5) is 23.6. The number of rotatable bonds is 6. The molecule has 2 aliphatic heterocycles. The van der Waals surface area contributed by atoms with Crippen molar-refractivity contribution in [1.82, 2.24) is 15.3 Å². The zero-order valence-electron chi connectivity index (χ0n) is 15.3. The topological polar surface area (TPSA) is 67.4 Å². The van der Waals surface area contributed by atoms with Crippen LogP contribution >= 0.6 is 11.8 Å². The van der Waals surface area contributed by atoms with E-state index in [4.69, 9.17) is 4.74 Å². The van der Waals surface area contributed by atoms with E-state index in [-0.39, 0.29) is 12.0 Å². The molecule has 0 bridgehead atoms. The second kappa shape index (κ2) is 8.61. The molecule has 2 saturated heterocycles. The Morgan fingerprint density at radius 1 is 1.26 bits per heavy atom. The lowest BCUT2D eigenvalue weighted by atomic mass is 10.2. The molecule has 2 aliphatic rings. The number of thioether (sulfide) groups is 1. The van der Waals surface area contributed by atoms with E-state index in [0.29, 0.717) is 18.0 Å². The Labute approximate surface area is 163 Å². The minimum absolute atomic E-state index is 0.137. The number of nitrogens with one attached hydrogen (secondary N) is 1. The van der Waals surface area contributed by atoms with Crippen molar-refractivity contribution in [3.63, 3.8) is 0 Å². The van der Waals surface area contributed by atoms with Gasteiger partial charge in [-0.1, -0.05) is 6.07 Å². The van der Waals surface area contributed by atoms with Gasteiger partial charge in [0.05, 0.1) is 5.56 Å². The van der Waals surface area contributed by atoms with E-state index in [1.807, 2.05) is 30.1 Å². The summed E-state index contributed by atoms with van der Waals surface area (Å²) in [6.45, 7) is 2.52. The molecule has 1 N–H and O–H groups in total. The lowest BCUT2D eigenvalue weighted by Crippen LogP contribution is -2.26. The molecule has 27 heavy (non-hydrogen) atoms. The summed E-state index contributed by atoms with van der Waals surface area (Å²) in [6, 6.07) is 7.48. The number of carbonyl (C=O) groups excluding carboxylic acids is 1. The van der Waals surface area contributed by atoms with Gasteiger partial charge >= 0.3 is 0 Å². The molecule has 0 aliphatic carbocycles. The van der Waals surface area contributed by atoms with Crippen LogP contribution in [0.4, 0.5) is 5.82 Å². The molecule has 0 aromatic carbocycles. The van der Waals surface area contributed by atoms with Crippen LogP contribution in [0, 0.1) is 0 Å². The van der Waals surface area contributed by atoms with Gasteiger partial charge in [0, 0.05) is 49.4 Å². The quantitative estimate of drug-likeness (QED) is 0.826. The maximum atomic E-state index is 12.5. The van der Waals surface area contributed by atoms with E-state index in [2.05, 4.69) is 20.2 Å². The fraction of sp³-hybridized carbons (Fsp3) is 0.450. The van der Waals surface area contributed by atoms with Crippen molar-refractivity contribution < 1.29 is 9.53 Å². The minimum Gasteiger partial charge on any atom is -0.473 e. The standard InChI is InChI=1S/C20H24N4O2S/c25-20(16-5-6-18(22-13-16)26-17-7-11-27-14-17)23-12-15-4-3-8-21-19(15)24-9-1-2-10-24/h3-6,8,13,17H,1-2,7,9-12,14H2,(H,23,25). The van der Waals surface area contributed by atoms with Gasteiger partial charge in [0.15, 0.2) is 0 Å². The van der Waals surface area contributed by atoms with Crippen LogP contribution in [0.3, 0.4) is 0 Å². The molecule has 6 nitrogen and oxygen atoms in total. The van der Waals surface area contributed by atoms with Crippen molar-refractivity contribution in [3.8, 4) is 5.88 Å². The van der Waals surface area contributed by atoms with Crippen LogP contribution in [0.25, 0.3) is 0 Å². The largest absolute Gasteiger partial charge is 0.473 e. The van der Waals surface area contributed by atoms with Crippen LogP contribution in [0.2, 0.25) is 0 Å². The van der Waals surface area contributed by atoms with Gasteiger partial charge in [-0.25, -0.2) is 9.97 Å². The van der Waals surface area contributed by atoms with Gasteiger partial charge in [0.1, 0.15) is 11.9 Å². The van der Waals surface area contributed by atoms with Crippen LogP contribution in [-0.2, 0) is 6.54 Å². The monoisotopic (exact) mass is 384 g/mol. The third-order valence-corrected chi connectivity index (χ3v) is 6.02. The Kier molecular flexibility index (Phi) is 5.77.